The predicted molar refractivity (Wildman–Crippen MR) is 353 cm³/mol. The van der Waals surface area contributed by atoms with Crippen molar-refractivity contribution in [1.82, 2.24) is 0 Å². The maximum absolute atomic E-state index is 12.9. The average molecular weight is 1130 g/mol. The normalized spacial score (nSPS) is 12.6. The lowest BCUT2D eigenvalue weighted by atomic mass is 10.0. The van der Waals surface area contributed by atoms with E-state index in [2.05, 4.69) is 106 Å². The zero-order chi connectivity index (χ0) is 58.5. The summed E-state index contributed by atoms with van der Waals surface area (Å²) in [7, 11) is 0. The van der Waals surface area contributed by atoms with Gasteiger partial charge in [-0.3, -0.25) is 14.4 Å². The van der Waals surface area contributed by atoms with Crippen molar-refractivity contribution < 1.29 is 28.6 Å². The SMILES string of the molecule is CC/C=C\C/C=C\C/C=C\C/C=C\C/C=C\C/C=C\C/C=C\CCCCCCCCCCCCCC(=O)OCC(COC(=O)CCCCCCCCC)OC(=O)CCCCCCCCCCCCCCCCCCCCCCCCC. The van der Waals surface area contributed by atoms with E-state index in [0.29, 0.717) is 19.3 Å². The van der Waals surface area contributed by atoms with E-state index in [0.717, 1.165) is 103 Å². The molecule has 0 N–H and O–H groups in total. The Kier molecular flexibility index (Phi) is 66.2. The lowest BCUT2D eigenvalue weighted by Gasteiger charge is -2.18. The van der Waals surface area contributed by atoms with Gasteiger partial charge in [-0.05, 0) is 77.0 Å². The van der Waals surface area contributed by atoms with E-state index >= 15 is 0 Å². The standard InChI is InChI=1S/C75H132O6/c1-4-7-10-13-16-18-20-22-24-26-28-30-32-33-34-35-36-37-38-39-40-41-43-44-46-48-50-52-54-56-59-62-65-68-74(77)80-71-72(70-79-73(76)67-64-61-58-15-12-9-6-3)81-75(78)69-66-63-60-57-55-53-51-49-47-45-42-31-29-27-25-23-21-19-17-14-11-8-5-2/h7,10,16,18,22,24,28,30,33-34,36-37,39-40,72H,4-6,8-9,11-15,17,19-21,23,25-27,29,31-32,35,38,41-71H2,1-3H3/b10-7-,18-16-,24-22-,30-28-,34-33-,37-36-,40-39-. The first-order valence-electron chi connectivity index (χ1n) is 35.1. The summed E-state index contributed by atoms with van der Waals surface area (Å²) in [6.07, 6.45) is 92.1. The van der Waals surface area contributed by atoms with Crippen LogP contribution in [-0.4, -0.2) is 37.2 Å². The minimum Gasteiger partial charge on any atom is -0.462 e. The van der Waals surface area contributed by atoms with Crippen LogP contribution in [0.25, 0.3) is 0 Å². The van der Waals surface area contributed by atoms with Crippen LogP contribution in [0.3, 0.4) is 0 Å². The van der Waals surface area contributed by atoms with Crippen LogP contribution in [0.15, 0.2) is 85.1 Å². The molecular weight excluding hydrogens is 997 g/mol. The third-order valence-corrected chi connectivity index (χ3v) is 15.4. The monoisotopic (exact) mass is 1130 g/mol. The summed E-state index contributed by atoms with van der Waals surface area (Å²) in [5.74, 6) is -0.863. The Bertz CT molecular complexity index is 1530. The van der Waals surface area contributed by atoms with E-state index in [1.807, 2.05) is 0 Å². The van der Waals surface area contributed by atoms with Gasteiger partial charge in [0.2, 0.25) is 0 Å². The van der Waals surface area contributed by atoms with E-state index < -0.39 is 6.10 Å². The quantitative estimate of drug-likeness (QED) is 0.0261. The molecule has 81 heavy (non-hydrogen) atoms. The molecule has 468 valence electrons. The Morgan fingerprint density at radius 1 is 0.259 bits per heavy atom. The van der Waals surface area contributed by atoms with E-state index in [1.54, 1.807) is 0 Å². The molecule has 6 heteroatoms. The lowest BCUT2D eigenvalue weighted by molar-refractivity contribution is -0.167. The molecule has 0 saturated carbocycles. The van der Waals surface area contributed by atoms with E-state index in [4.69, 9.17) is 14.2 Å². The second kappa shape index (κ2) is 69.1. The first kappa shape index (κ1) is 77.6. The highest BCUT2D eigenvalue weighted by Crippen LogP contribution is 2.18. The molecule has 0 saturated heterocycles. The van der Waals surface area contributed by atoms with Crippen LogP contribution in [0.4, 0.5) is 0 Å². The van der Waals surface area contributed by atoms with Crippen molar-refractivity contribution in [2.75, 3.05) is 13.2 Å². The van der Waals surface area contributed by atoms with Crippen LogP contribution in [0.5, 0.6) is 0 Å². The maximum atomic E-state index is 12.9. The molecule has 0 spiro atoms. The summed E-state index contributed by atoms with van der Waals surface area (Å²) in [4.78, 5) is 38.2. The smallest absolute Gasteiger partial charge is 0.306 e. The van der Waals surface area contributed by atoms with Crippen molar-refractivity contribution in [2.45, 2.75) is 361 Å². The zero-order valence-corrected chi connectivity index (χ0v) is 53.8. The number of carbonyl (C=O) groups excluding carboxylic acids is 3. The largest absolute Gasteiger partial charge is 0.462 e. The molecule has 0 rings (SSSR count). The maximum Gasteiger partial charge on any atom is 0.306 e. The molecule has 0 aromatic carbocycles. The molecule has 0 aliphatic heterocycles. The number of allylic oxidation sites excluding steroid dienone is 14. The van der Waals surface area contributed by atoms with Crippen LogP contribution in [0.2, 0.25) is 0 Å². The summed E-state index contributed by atoms with van der Waals surface area (Å²) < 4.78 is 16.9. The number of hydrogen-bond acceptors (Lipinski definition) is 6. The number of rotatable bonds is 64. The molecule has 0 aromatic heterocycles. The summed E-state index contributed by atoms with van der Waals surface area (Å²) in [6.45, 7) is 6.53. The van der Waals surface area contributed by atoms with Gasteiger partial charge in [-0.2, -0.15) is 0 Å². The Hall–Kier alpha value is -3.41. The minimum absolute atomic E-state index is 0.0720. The summed E-state index contributed by atoms with van der Waals surface area (Å²) in [5.41, 5.74) is 0. The van der Waals surface area contributed by atoms with Crippen LogP contribution in [0.1, 0.15) is 355 Å². The fourth-order valence-corrected chi connectivity index (χ4v) is 10.2. The van der Waals surface area contributed by atoms with Gasteiger partial charge in [0.15, 0.2) is 6.10 Å². The van der Waals surface area contributed by atoms with Crippen molar-refractivity contribution in [2.24, 2.45) is 0 Å². The van der Waals surface area contributed by atoms with Crippen LogP contribution < -0.4 is 0 Å². The Balaban J connectivity index is 4.07. The molecule has 0 radical (unpaired) electrons. The van der Waals surface area contributed by atoms with Gasteiger partial charge in [0, 0.05) is 19.3 Å². The highest BCUT2D eigenvalue weighted by atomic mass is 16.6. The molecule has 1 unspecified atom stereocenters. The second-order valence-electron chi connectivity index (χ2n) is 23.4. The van der Waals surface area contributed by atoms with Crippen molar-refractivity contribution >= 4 is 17.9 Å². The Labute approximate surface area is 503 Å². The first-order chi connectivity index (χ1) is 40.0. The highest BCUT2D eigenvalue weighted by Gasteiger charge is 2.19. The van der Waals surface area contributed by atoms with Crippen molar-refractivity contribution in [3.63, 3.8) is 0 Å². The summed E-state index contributed by atoms with van der Waals surface area (Å²) >= 11 is 0. The summed E-state index contributed by atoms with van der Waals surface area (Å²) in [5, 5.41) is 0. The average Bonchev–Trinajstić information content (AvgIpc) is 3.47. The van der Waals surface area contributed by atoms with Crippen molar-refractivity contribution in [3.05, 3.63) is 85.1 Å². The van der Waals surface area contributed by atoms with Gasteiger partial charge in [-0.15, -0.1) is 0 Å². The van der Waals surface area contributed by atoms with Gasteiger partial charge >= 0.3 is 17.9 Å². The molecule has 0 aliphatic rings. The fourth-order valence-electron chi connectivity index (χ4n) is 10.2. The number of hydrogen-bond donors (Lipinski definition) is 0. The number of esters is 3. The topological polar surface area (TPSA) is 78.9 Å². The molecule has 0 aliphatic carbocycles. The van der Waals surface area contributed by atoms with E-state index in [9.17, 15) is 14.4 Å². The van der Waals surface area contributed by atoms with E-state index in [1.165, 1.54) is 212 Å². The van der Waals surface area contributed by atoms with Crippen molar-refractivity contribution in [1.29, 1.82) is 0 Å². The molecule has 0 fully saturated rings. The first-order valence-corrected chi connectivity index (χ1v) is 35.1. The molecule has 0 aromatic rings. The fraction of sp³-hybridized carbons (Fsp3) is 0.773. The zero-order valence-electron chi connectivity index (χ0n) is 53.8. The Morgan fingerprint density at radius 3 is 0.753 bits per heavy atom. The van der Waals surface area contributed by atoms with Crippen LogP contribution >= 0.6 is 0 Å². The molecule has 0 heterocycles. The lowest BCUT2D eigenvalue weighted by Crippen LogP contribution is -2.30. The van der Waals surface area contributed by atoms with Gasteiger partial charge in [-0.25, -0.2) is 0 Å². The van der Waals surface area contributed by atoms with Gasteiger partial charge in [-0.1, -0.05) is 343 Å². The van der Waals surface area contributed by atoms with Gasteiger partial charge in [0.05, 0.1) is 0 Å². The molecule has 0 amide bonds. The van der Waals surface area contributed by atoms with Crippen LogP contribution in [0, 0.1) is 0 Å². The molecule has 1 atom stereocenters. The second-order valence-corrected chi connectivity index (χ2v) is 23.4. The third-order valence-electron chi connectivity index (χ3n) is 15.4. The molecule has 0 bridgehead atoms. The third kappa shape index (κ3) is 67.3. The van der Waals surface area contributed by atoms with Crippen molar-refractivity contribution in [3.8, 4) is 0 Å². The van der Waals surface area contributed by atoms with E-state index in [-0.39, 0.29) is 31.1 Å². The molecule has 6 nitrogen and oxygen atoms in total. The predicted octanol–water partition coefficient (Wildman–Crippen LogP) is 24.2. The number of unbranched alkanes of at least 4 members (excludes halogenated alkanes) is 39. The van der Waals surface area contributed by atoms with Gasteiger partial charge in [0.25, 0.3) is 0 Å². The minimum atomic E-state index is -0.773. The Morgan fingerprint density at radius 2 is 0.481 bits per heavy atom. The van der Waals surface area contributed by atoms with Gasteiger partial charge in [0.1, 0.15) is 13.2 Å². The van der Waals surface area contributed by atoms with Gasteiger partial charge < -0.3 is 14.2 Å². The summed E-state index contributed by atoms with van der Waals surface area (Å²) in [6, 6.07) is 0. The van der Waals surface area contributed by atoms with Crippen LogP contribution in [-0.2, 0) is 28.6 Å². The number of ether oxygens (including phenoxy) is 3. The number of carbonyl (C=O) groups is 3. The molecular formula is C75H132O6. The highest BCUT2D eigenvalue weighted by molar-refractivity contribution is 5.71.